The van der Waals surface area contributed by atoms with Crippen LogP contribution in [0.4, 0.5) is 4.39 Å². The Hall–Kier alpha value is -2.63. The van der Waals surface area contributed by atoms with Gasteiger partial charge in [-0.15, -0.1) is 0 Å². The first-order valence-electron chi connectivity index (χ1n) is 7.78. The smallest absolute Gasteiger partial charge is 0.223 e. The predicted molar refractivity (Wildman–Crippen MR) is 88.7 cm³/mol. The predicted octanol–water partition coefficient (Wildman–Crippen LogP) is 2.61. The molecule has 1 heterocycles. The van der Waals surface area contributed by atoms with Crippen molar-refractivity contribution in [3.05, 3.63) is 48.0 Å². The van der Waals surface area contributed by atoms with Gasteiger partial charge >= 0.3 is 0 Å². The molecular weight excluding hydrogens is 311 g/mol. The zero-order chi connectivity index (χ0) is 17.5. The average Bonchev–Trinajstić information content (AvgIpc) is 3.02. The number of hydrogen-bond donors (Lipinski definition) is 1. The largest absolute Gasteiger partial charge is 0.461 e. The van der Waals surface area contributed by atoms with Crippen molar-refractivity contribution in [3.63, 3.8) is 0 Å². The van der Waals surface area contributed by atoms with Gasteiger partial charge in [0.05, 0.1) is 5.56 Å². The standard InChI is InChI=1S/C18H21FN2O3/c1-21(2)18(23)11-12-20-17(22)10-8-13-7-9-16(24-13)14-5-3-4-6-15(14)19/h3-7,9H,8,10-12H2,1-2H3,(H,20,22). The summed E-state index contributed by atoms with van der Waals surface area (Å²) in [4.78, 5) is 24.6. The van der Waals surface area contributed by atoms with E-state index >= 15 is 0 Å². The first-order chi connectivity index (χ1) is 11.5. The highest BCUT2D eigenvalue weighted by atomic mass is 19.1. The first kappa shape index (κ1) is 17.7. The molecule has 1 N–H and O–H groups in total. The molecule has 0 spiro atoms. The second kappa shape index (κ2) is 8.29. The molecule has 2 aromatic rings. The van der Waals surface area contributed by atoms with Crippen LogP contribution in [-0.2, 0) is 16.0 Å². The van der Waals surface area contributed by atoms with Gasteiger partial charge in [-0.3, -0.25) is 9.59 Å². The Balaban J connectivity index is 1.80. The maximum absolute atomic E-state index is 13.7. The Morgan fingerprint density at radius 1 is 1.12 bits per heavy atom. The van der Waals surface area contributed by atoms with Crippen molar-refractivity contribution in [2.45, 2.75) is 19.3 Å². The van der Waals surface area contributed by atoms with E-state index in [0.29, 0.717) is 30.0 Å². The summed E-state index contributed by atoms with van der Waals surface area (Å²) in [6.45, 7) is 0.314. The number of amides is 2. The third-order valence-electron chi connectivity index (χ3n) is 3.56. The summed E-state index contributed by atoms with van der Waals surface area (Å²) >= 11 is 0. The molecule has 2 amide bonds. The lowest BCUT2D eigenvalue weighted by Crippen LogP contribution is -2.30. The summed E-state index contributed by atoms with van der Waals surface area (Å²) in [6.07, 6.45) is 0.944. The summed E-state index contributed by atoms with van der Waals surface area (Å²) in [7, 11) is 3.35. The zero-order valence-electron chi connectivity index (χ0n) is 13.8. The Labute approximate surface area is 140 Å². The maximum Gasteiger partial charge on any atom is 0.223 e. The number of nitrogens with one attached hydrogen (secondary N) is 1. The molecule has 0 saturated carbocycles. The number of benzene rings is 1. The molecule has 2 rings (SSSR count). The summed E-state index contributed by atoms with van der Waals surface area (Å²) < 4.78 is 19.3. The van der Waals surface area contributed by atoms with Gasteiger partial charge in [-0.1, -0.05) is 12.1 Å². The third-order valence-corrected chi connectivity index (χ3v) is 3.56. The van der Waals surface area contributed by atoms with Gasteiger partial charge in [0.25, 0.3) is 0 Å². The van der Waals surface area contributed by atoms with Crippen molar-refractivity contribution < 1.29 is 18.4 Å². The normalized spacial score (nSPS) is 10.5. The topological polar surface area (TPSA) is 62.6 Å². The van der Waals surface area contributed by atoms with Crippen LogP contribution < -0.4 is 5.32 Å². The number of carbonyl (C=O) groups excluding carboxylic acids is 2. The monoisotopic (exact) mass is 332 g/mol. The minimum absolute atomic E-state index is 0.0316. The van der Waals surface area contributed by atoms with Gasteiger partial charge in [0.15, 0.2) is 0 Å². The van der Waals surface area contributed by atoms with Crippen LogP contribution in [0.5, 0.6) is 0 Å². The maximum atomic E-state index is 13.7. The van der Waals surface area contributed by atoms with Crippen LogP contribution in [0.25, 0.3) is 11.3 Å². The summed E-state index contributed by atoms with van der Waals surface area (Å²) in [5, 5.41) is 2.70. The van der Waals surface area contributed by atoms with Crippen molar-refractivity contribution in [3.8, 4) is 11.3 Å². The SMILES string of the molecule is CN(C)C(=O)CCNC(=O)CCc1ccc(-c2ccccc2F)o1. The van der Waals surface area contributed by atoms with Crippen molar-refractivity contribution >= 4 is 11.8 Å². The van der Waals surface area contributed by atoms with E-state index in [9.17, 15) is 14.0 Å². The van der Waals surface area contributed by atoms with Crippen molar-refractivity contribution in [1.29, 1.82) is 0 Å². The number of carbonyl (C=O) groups is 2. The number of nitrogens with zero attached hydrogens (tertiary/aromatic N) is 1. The highest BCUT2D eigenvalue weighted by Crippen LogP contribution is 2.25. The molecule has 0 unspecified atom stereocenters. The molecular formula is C18H21FN2O3. The van der Waals surface area contributed by atoms with E-state index in [4.69, 9.17) is 4.42 Å². The van der Waals surface area contributed by atoms with Crippen LogP contribution in [0.2, 0.25) is 0 Å². The highest BCUT2D eigenvalue weighted by molar-refractivity contribution is 5.78. The van der Waals surface area contributed by atoms with Crippen LogP contribution in [0, 0.1) is 5.82 Å². The van der Waals surface area contributed by atoms with Crippen molar-refractivity contribution in [2.24, 2.45) is 0 Å². The Morgan fingerprint density at radius 2 is 1.88 bits per heavy atom. The number of halogens is 1. The van der Waals surface area contributed by atoms with Crippen molar-refractivity contribution in [1.82, 2.24) is 10.2 Å². The van der Waals surface area contributed by atoms with Crippen LogP contribution in [0.3, 0.4) is 0 Å². The lowest BCUT2D eigenvalue weighted by atomic mass is 10.1. The van der Waals surface area contributed by atoms with E-state index in [1.54, 1.807) is 44.4 Å². The van der Waals surface area contributed by atoms with Gasteiger partial charge in [0, 0.05) is 39.9 Å². The van der Waals surface area contributed by atoms with Gasteiger partial charge < -0.3 is 14.6 Å². The summed E-state index contributed by atoms with van der Waals surface area (Å²) in [5.74, 6) is 0.538. The molecule has 0 bridgehead atoms. The van der Waals surface area contributed by atoms with E-state index in [0.717, 1.165) is 0 Å². The van der Waals surface area contributed by atoms with Crippen LogP contribution in [-0.4, -0.2) is 37.4 Å². The molecule has 24 heavy (non-hydrogen) atoms. The molecule has 0 fully saturated rings. The molecule has 0 radical (unpaired) electrons. The number of hydrogen-bond acceptors (Lipinski definition) is 3. The molecule has 6 heteroatoms. The minimum atomic E-state index is -0.346. The molecule has 128 valence electrons. The van der Waals surface area contributed by atoms with Gasteiger partial charge in [0.1, 0.15) is 17.3 Å². The molecule has 0 aliphatic heterocycles. The lowest BCUT2D eigenvalue weighted by Gasteiger charge is -2.10. The van der Waals surface area contributed by atoms with E-state index in [1.165, 1.54) is 11.0 Å². The Morgan fingerprint density at radius 3 is 2.58 bits per heavy atom. The van der Waals surface area contributed by atoms with E-state index < -0.39 is 0 Å². The zero-order valence-corrected chi connectivity index (χ0v) is 13.8. The van der Waals surface area contributed by atoms with Crippen molar-refractivity contribution in [2.75, 3.05) is 20.6 Å². The highest BCUT2D eigenvalue weighted by Gasteiger charge is 2.11. The Bertz CT molecular complexity index is 710. The second-order valence-electron chi connectivity index (χ2n) is 5.63. The van der Waals surface area contributed by atoms with E-state index in [1.807, 2.05) is 0 Å². The second-order valence-corrected chi connectivity index (χ2v) is 5.63. The van der Waals surface area contributed by atoms with E-state index in [-0.39, 0.29) is 30.5 Å². The number of furan rings is 1. The summed E-state index contributed by atoms with van der Waals surface area (Å²) in [6, 6.07) is 9.82. The molecule has 0 saturated heterocycles. The Kier molecular flexibility index (Phi) is 6.12. The molecule has 0 atom stereocenters. The fourth-order valence-electron chi connectivity index (χ4n) is 2.18. The van der Waals surface area contributed by atoms with Crippen LogP contribution >= 0.6 is 0 Å². The summed E-state index contributed by atoms with van der Waals surface area (Å²) in [5.41, 5.74) is 0.399. The first-order valence-corrected chi connectivity index (χ1v) is 7.78. The molecule has 0 aliphatic carbocycles. The van der Waals surface area contributed by atoms with E-state index in [2.05, 4.69) is 5.32 Å². The molecule has 5 nitrogen and oxygen atoms in total. The average molecular weight is 332 g/mol. The quantitative estimate of drug-likeness (QED) is 0.848. The molecule has 1 aromatic carbocycles. The van der Waals surface area contributed by atoms with Crippen LogP contribution in [0.1, 0.15) is 18.6 Å². The third kappa shape index (κ3) is 4.94. The number of rotatable bonds is 7. The van der Waals surface area contributed by atoms with Gasteiger partial charge in [-0.05, 0) is 24.3 Å². The van der Waals surface area contributed by atoms with Gasteiger partial charge in [-0.25, -0.2) is 4.39 Å². The lowest BCUT2D eigenvalue weighted by molar-refractivity contribution is -0.128. The molecule has 0 aliphatic rings. The fourth-order valence-corrected chi connectivity index (χ4v) is 2.18. The van der Waals surface area contributed by atoms with Crippen LogP contribution in [0.15, 0.2) is 40.8 Å². The van der Waals surface area contributed by atoms with Gasteiger partial charge in [0.2, 0.25) is 11.8 Å². The molecule has 1 aromatic heterocycles. The number of aryl methyl sites for hydroxylation is 1. The fraction of sp³-hybridized carbons (Fsp3) is 0.333. The van der Waals surface area contributed by atoms with Gasteiger partial charge in [-0.2, -0.15) is 0 Å². The minimum Gasteiger partial charge on any atom is -0.461 e.